The number of anilines is 2. The molecule has 0 aliphatic rings. The maximum Gasteiger partial charge on any atom is 0.230 e. The van der Waals surface area contributed by atoms with Crippen LogP contribution in [0.15, 0.2) is 60.0 Å². The van der Waals surface area contributed by atoms with Crippen molar-refractivity contribution in [2.45, 2.75) is 13.5 Å². The second-order valence-corrected chi connectivity index (χ2v) is 7.62. The number of amides is 1. The first-order valence-corrected chi connectivity index (χ1v) is 10.2. The summed E-state index contributed by atoms with van der Waals surface area (Å²) in [6.45, 7) is 3.55. The fourth-order valence-electron chi connectivity index (χ4n) is 2.68. The first kappa shape index (κ1) is 20.3. The number of nitrogens with zero attached hydrogens (tertiary/aromatic N) is 3. The smallest absolute Gasteiger partial charge is 0.230 e. The molecule has 0 saturated heterocycles. The van der Waals surface area contributed by atoms with Crippen LogP contribution < -0.4 is 9.64 Å². The van der Waals surface area contributed by atoms with Crippen LogP contribution >= 0.6 is 22.9 Å². The number of hydrogen-bond donors (Lipinski definition) is 0. The Morgan fingerprint density at radius 2 is 1.86 bits per heavy atom. The Bertz CT molecular complexity index is 900. The highest BCUT2D eigenvalue weighted by atomic mass is 35.5. The first-order chi connectivity index (χ1) is 13.5. The second kappa shape index (κ2) is 9.68. The highest BCUT2D eigenvalue weighted by Crippen LogP contribution is 2.29. The Labute approximate surface area is 174 Å². The Morgan fingerprint density at radius 3 is 2.54 bits per heavy atom. The molecule has 28 heavy (non-hydrogen) atoms. The first-order valence-electron chi connectivity index (χ1n) is 8.90. The van der Waals surface area contributed by atoms with Crippen LogP contribution in [0.2, 0.25) is 5.02 Å². The summed E-state index contributed by atoms with van der Waals surface area (Å²) in [5.41, 5.74) is 1.75. The number of para-hydroxylation sites is 1. The number of halogens is 1. The molecule has 1 aromatic heterocycles. The quantitative estimate of drug-likeness (QED) is 0.519. The van der Waals surface area contributed by atoms with Gasteiger partial charge in [-0.15, -0.1) is 11.3 Å². The lowest BCUT2D eigenvalue weighted by atomic mass is 10.3. The molecule has 2 aromatic carbocycles. The van der Waals surface area contributed by atoms with Gasteiger partial charge in [-0.3, -0.25) is 14.6 Å². The third-order valence-corrected chi connectivity index (χ3v) is 5.17. The van der Waals surface area contributed by atoms with Crippen molar-refractivity contribution in [2.75, 3.05) is 25.1 Å². The van der Waals surface area contributed by atoms with E-state index in [9.17, 15) is 4.79 Å². The van der Waals surface area contributed by atoms with Gasteiger partial charge in [0.2, 0.25) is 5.91 Å². The van der Waals surface area contributed by atoms with Gasteiger partial charge in [-0.25, -0.2) is 4.98 Å². The minimum absolute atomic E-state index is 0.0585. The molecular weight excluding hydrogens is 394 g/mol. The van der Waals surface area contributed by atoms with E-state index >= 15 is 0 Å². The number of aromatic nitrogens is 1. The number of rotatable bonds is 8. The van der Waals surface area contributed by atoms with Crippen LogP contribution in [-0.4, -0.2) is 36.0 Å². The van der Waals surface area contributed by atoms with Crippen LogP contribution in [0.3, 0.4) is 0 Å². The van der Waals surface area contributed by atoms with E-state index in [1.165, 1.54) is 11.3 Å². The summed E-state index contributed by atoms with van der Waals surface area (Å²) in [6.07, 6.45) is 0. The third kappa shape index (κ3) is 5.55. The van der Waals surface area contributed by atoms with Crippen molar-refractivity contribution in [3.8, 4) is 5.75 Å². The van der Waals surface area contributed by atoms with E-state index in [-0.39, 0.29) is 5.91 Å². The van der Waals surface area contributed by atoms with Gasteiger partial charge < -0.3 is 4.74 Å². The molecule has 7 heteroatoms. The molecule has 0 atom stereocenters. The van der Waals surface area contributed by atoms with Crippen molar-refractivity contribution in [3.05, 3.63) is 70.7 Å². The number of ether oxygens (including phenoxy) is 1. The number of benzene rings is 2. The predicted molar refractivity (Wildman–Crippen MR) is 115 cm³/mol. The standard InChI is InChI=1S/C21H22ClN3O2S/c1-16(26)25(19-6-4-3-5-7-19)21-23-18(15-28-21)14-24(2)12-13-27-20-10-8-17(22)9-11-20/h3-11,15H,12-14H2,1-2H3. The van der Waals surface area contributed by atoms with Gasteiger partial charge in [0, 0.05) is 30.4 Å². The molecule has 0 bridgehead atoms. The third-order valence-electron chi connectivity index (χ3n) is 4.05. The lowest BCUT2D eigenvalue weighted by Crippen LogP contribution is -2.25. The molecule has 0 aliphatic carbocycles. The number of hydrogen-bond acceptors (Lipinski definition) is 5. The van der Waals surface area contributed by atoms with Crippen molar-refractivity contribution in [1.29, 1.82) is 0 Å². The van der Waals surface area contributed by atoms with Crippen molar-refractivity contribution in [3.63, 3.8) is 0 Å². The average Bonchev–Trinajstić information content (AvgIpc) is 3.12. The Balaban J connectivity index is 1.55. The summed E-state index contributed by atoms with van der Waals surface area (Å²) in [5.74, 6) is 0.741. The minimum atomic E-state index is -0.0585. The Hall–Kier alpha value is -2.41. The Morgan fingerprint density at radius 1 is 1.14 bits per heavy atom. The number of carbonyl (C=O) groups excluding carboxylic acids is 1. The molecule has 0 fully saturated rings. The lowest BCUT2D eigenvalue weighted by molar-refractivity contribution is -0.115. The van der Waals surface area contributed by atoms with Crippen LogP contribution in [0, 0.1) is 0 Å². The normalized spacial score (nSPS) is 10.9. The molecule has 3 aromatic rings. The second-order valence-electron chi connectivity index (χ2n) is 6.35. The molecule has 0 spiro atoms. The maximum absolute atomic E-state index is 12.1. The summed E-state index contributed by atoms with van der Waals surface area (Å²) in [7, 11) is 2.02. The van der Waals surface area contributed by atoms with Gasteiger partial charge in [0.1, 0.15) is 12.4 Å². The van der Waals surface area contributed by atoms with E-state index in [0.717, 1.165) is 23.7 Å². The van der Waals surface area contributed by atoms with E-state index in [1.807, 2.05) is 67.0 Å². The zero-order valence-corrected chi connectivity index (χ0v) is 17.4. The average molecular weight is 416 g/mol. The molecule has 0 radical (unpaired) electrons. The molecule has 0 unspecified atom stereocenters. The van der Waals surface area contributed by atoms with E-state index in [2.05, 4.69) is 9.88 Å². The van der Waals surface area contributed by atoms with Crippen LogP contribution in [0.1, 0.15) is 12.6 Å². The summed E-state index contributed by atoms with van der Waals surface area (Å²) >= 11 is 7.34. The molecule has 0 aliphatic heterocycles. The largest absolute Gasteiger partial charge is 0.492 e. The fourth-order valence-corrected chi connectivity index (χ4v) is 3.69. The van der Waals surface area contributed by atoms with E-state index in [4.69, 9.17) is 16.3 Å². The highest BCUT2D eigenvalue weighted by molar-refractivity contribution is 7.14. The molecule has 5 nitrogen and oxygen atoms in total. The van der Waals surface area contributed by atoms with Crippen LogP contribution in [-0.2, 0) is 11.3 Å². The number of likely N-dealkylation sites (N-methyl/N-ethyl adjacent to an activating group) is 1. The van der Waals surface area contributed by atoms with Gasteiger partial charge in [0.25, 0.3) is 0 Å². The van der Waals surface area contributed by atoms with E-state index in [1.54, 1.807) is 11.8 Å². The van der Waals surface area contributed by atoms with Crippen LogP contribution in [0.4, 0.5) is 10.8 Å². The maximum atomic E-state index is 12.1. The van der Waals surface area contributed by atoms with Crippen molar-refractivity contribution < 1.29 is 9.53 Å². The molecule has 1 heterocycles. The molecule has 1 amide bonds. The Kier molecular flexibility index (Phi) is 7.03. The SMILES string of the molecule is CC(=O)N(c1ccccc1)c1nc(CN(C)CCOc2ccc(Cl)cc2)cs1. The lowest BCUT2D eigenvalue weighted by Gasteiger charge is -2.18. The topological polar surface area (TPSA) is 45.7 Å². The van der Waals surface area contributed by atoms with Gasteiger partial charge in [-0.1, -0.05) is 29.8 Å². The molecule has 146 valence electrons. The molecule has 3 rings (SSSR count). The van der Waals surface area contributed by atoms with Gasteiger partial charge in [0.15, 0.2) is 5.13 Å². The summed E-state index contributed by atoms with van der Waals surface area (Å²) in [4.78, 5) is 20.6. The highest BCUT2D eigenvalue weighted by Gasteiger charge is 2.18. The monoisotopic (exact) mass is 415 g/mol. The van der Waals surface area contributed by atoms with Crippen LogP contribution in [0.25, 0.3) is 0 Å². The van der Waals surface area contributed by atoms with Gasteiger partial charge in [-0.2, -0.15) is 0 Å². The molecule has 0 saturated carbocycles. The molecular formula is C21H22ClN3O2S. The van der Waals surface area contributed by atoms with Crippen molar-refractivity contribution in [1.82, 2.24) is 9.88 Å². The van der Waals surface area contributed by atoms with Gasteiger partial charge >= 0.3 is 0 Å². The summed E-state index contributed by atoms with van der Waals surface area (Å²) < 4.78 is 5.73. The molecule has 0 N–H and O–H groups in total. The predicted octanol–water partition coefficient (Wildman–Crippen LogP) is 4.99. The van der Waals surface area contributed by atoms with Crippen molar-refractivity contribution >= 4 is 39.7 Å². The van der Waals surface area contributed by atoms with E-state index < -0.39 is 0 Å². The number of thiazole rings is 1. The van der Waals surface area contributed by atoms with Gasteiger partial charge in [0.05, 0.1) is 11.4 Å². The fraction of sp³-hybridized carbons (Fsp3) is 0.238. The van der Waals surface area contributed by atoms with Crippen LogP contribution in [0.5, 0.6) is 5.75 Å². The van der Waals surface area contributed by atoms with Crippen molar-refractivity contribution in [2.24, 2.45) is 0 Å². The summed E-state index contributed by atoms with van der Waals surface area (Å²) in [6, 6.07) is 16.9. The zero-order chi connectivity index (χ0) is 19.9. The summed E-state index contributed by atoms with van der Waals surface area (Å²) in [5, 5.41) is 3.36. The van der Waals surface area contributed by atoms with E-state index in [0.29, 0.717) is 23.3 Å². The van der Waals surface area contributed by atoms with Gasteiger partial charge in [-0.05, 0) is 43.4 Å². The zero-order valence-electron chi connectivity index (χ0n) is 15.8. The minimum Gasteiger partial charge on any atom is -0.492 e. The number of carbonyl (C=O) groups is 1.